The van der Waals surface area contributed by atoms with Gasteiger partial charge in [0.2, 0.25) is 11.8 Å². The molecule has 0 amide bonds. The van der Waals surface area contributed by atoms with Gasteiger partial charge < -0.3 is 15.8 Å². The van der Waals surface area contributed by atoms with E-state index in [0.717, 1.165) is 31.7 Å². The number of nitrogen functional groups attached to an aromatic ring is 1. The number of nitrogens with two attached hydrogens (primary N) is 1. The van der Waals surface area contributed by atoms with Gasteiger partial charge in [0, 0.05) is 19.2 Å². The lowest BCUT2D eigenvalue weighted by Gasteiger charge is -2.25. The standard InChI is InChI=1S/C18H26N6O2/c19-15-12-21-18(23-17(15)25)20-8-5-11-26-16-7-4-6-14(22-16)13-24-9-2-1-3-10-24/h4,6-7,12H,1-3,5,8-11,13,19H2,(H2,20,21,23,25). The van der Waals surface area contributed by atoms with Crippen LogP contribution >= 0.6 is 0 Å². The zero-order chi connectivity index (χ0) is 18.2. The average Bonchev–Trinajstić information content (AvgIpc) is 2.65. The highest BCUT2D eigenvalue weighted by atomic mass is 16.5. The predicted molar refractivity (Wildman–Crippen MR) is 101 cm³/mol. The summed E-state index contributed by atoms with van der Waals surface area (Å²) in [6, 6.07) is 5.92. The second-order valence-electron chi connectivity index (χ2n) is 6.45. The van der Waals surface area contributed by atoms with Crippen molar-refractivity contribution in [3.63, 3.8) is 0 Å². The number of pyridine rings is 1. The minimum absolute atomic E-state index is 0.106. The Morgan fingerprint density at radius 2 is 2.12 bits per heavy atom. The van der Waals surface area contributed by atoms with E-state index in [1.54, 1.807) is 0 Å². The Bertz CT molecular complexity index is 757. The van der Waals surface area contributed by atoms with Crippen molar-refractivity contribution in [3.8, 4) is 5.88 Å². The smallest absolute Gasteiger partial charge is 0.275 e. The predicted octanol–water partition coefficient (Wildman–Crippen LogP) is 1.61. The number of hydrogen-bond acceptors (Lipinski definition) is 7. The number of aromatic amines is 1. The first-order valence-electron chi connectivity index (χ1n) is 9.10. The molecule has 0 saturated carbocycles. The van der Waals surface area contributed by atoms with E-state index in [1.165, 1.54) is 25.5 Å². The van der Waals surface area contributed by atoms with Gasteiger partial charge in [-0.25, -0.2) is 9.97 Å². The Labute approximate surface area is 152 Å². The van der Waals surface area contributed by atoms with Crippen molar-refractivity contribution in [1.29, 1.82) is 0 Å². The molecule has 1 saturated heterocycles. The summed E-state index contributed by atoms with van der Waals surface area (Å²) in [7, 11) is 0. The summed E-state index contributed by atoms with van der Waals surface area (Å²) < 4.78 is 5.73. The van der Waals surface area contributed by atoms with Crippen molar-refractivity contribution >= 4 is 11.6 Å². The van der Waals surface area contributed by atoms with Crippen molar-refractivity contribution in [2.24, 2.45) is 0 Å². The van der Waals surface area contributed by atoms with Crippen molar-refractivity contribution in [3.05, 3.63) is 40.4 Å². The van der Waals surface area contributed by atoms with Crippen molar-refractivity contribution in [2.75, 3.05) is 37.3 Å². The molecule has 4 N–H and O–H groups in total. The molecule has 2 aromatic rings. The quantitative estimate of drug-likeness (QED) is 0.615. The maximum atomic E-state index is 11.4. The van der Waals surface area contributed by atoms with Gasteiger partial charge in [-0.2, -0.15) is 0 Å². The van der Waals surface area contributed by atoms with Crippen LogP contribution in [0.25, 0.3) is 0 Å². The highest BCUT2D eigenvalue weighted by Gasteiger charge is 2.11. The Morgan fingerprint density at radius 3 is 2.92 bits per heavy atom. The fourth-order valence-electron chi connectivity index (χ4n) is 2.92. The molecule has 8 nitrogen and oxygen atoms in total. The zero-order valence-corrected chi connectivity index (χ0v) is 14.9. The molecule has 3 rings (SSSR count). The van der Waals surface area contributed by atoms with Crippen LogP contribution in [0.2, 0.25) is 0 Å². The Morgan fingerprint density at radius 1 is 1.27 bits per heavy atom. The van der Waals surface area contributed by atoms with Crippen LogP contribution < -0.4 is 21.3 Å². The van der Waals surface area contributed by atoms with Crippen molar-refractivity contribution < 1.29 is 4.74 Å². The third kappa shape index (κ3) is 5.45. The third-order valence-corrected chi connectivity index (χ3v) is 4.31. The molecule has 0 aliphatic carbocycles. The number of nitrogens with one attached hydrogen (secondary N) is 2. The van der Waals surface area contributed by atoms with Gasteiger partial charge >= 0.3 is 0 Å². The SMILES string of the molecule is Nc1cnc(NCCCOc2cccc(CN3CCCCC3)n2)[nH]c1=O. The summed E-state index contributed by atoms with van der Waals surface area (Å²) in [6.45, 7) is 4.35. The van der Waals surface area contributed by atoms with Gasteiger partial charge in [-0.3, -0.25) is 14.7 Å². The van der Waals surface area contributed by atoms with Crippen LogP contribution in [0.15, 0.2) is 29.2 Å². The van der Waals surface area contributed by atoms with Crippen LogP contribution in [-0.4, -0.2) is 46.1 Å². The molecule has 3 heterocycles. The van der Waals surface area contributed by atoms with Crippen LogP contribution in [0, 0.1) is 0 Å². The van der Waals surface area contributed by atoms with Crippen LogP contribution in [0.4, 0.5) is 11.6 Å². The molecule has 8 heteroatoms. The molecule has 0 unspecified atom stereocenters. The van der Waals surface area contributed by atoms with E-state index in [4.69, 9.17) is 10.5 Å². The minimum atomic E-state index is -0.339. The van der Waals surface area contributed by atoms with E-state index < -0.39 is 0 Å². The van der Waals surface area contributed by atoms with Gasteiger partial charge in [0.15, 0.2) is 0 Å². The first-order chi connectivity index (χ1) is 12.7. The van der Waals surface area contributed by atoms with E-state index in [9.17, 15) is 4.79 Å². The van der Waals surface area contributed by atoms with Crippen molar-refractivity contribution in [2.45, 2.75) is 32.2 Å². The number of ether oxygens (including phenoxy) is 1. The largest absolute Gasteiger partial charge is 0.478 e. The molecule has 2 aromatic heterocycles. The molecule has 0 atom stereocenters. The number of rotatable bonds is 8. The van der Waals surface area contributed by atoms with Gasteiger partial charge in [0.05, 0.1) is 18.5 Å². The normalized spacial score (nSPS) is 14.9. The van der Waals surface area contributed by atoms with Gasteiger partial charge in [-0.1, -0.05) is 12.5 Å². The lowest BCUT2D eigenvalue weighted by Crippen LogP contribution is -2.29. The van der Waals surface area contributed by atoms with Gasteiger partial charge in [0.1, 0.15) is 5.69 Å². The summed E-state index contributed by atoms with van der Waals surface area (Å²) in [5, 5.41) is 3.04. The number of anilines is 2. The van der Waals surface area contributed by atoms with Gasteiger partial charge in [-0.05, 0) is 38.4 Å². The maximum Gasteiger partial charge on any atom is 0.275 e. The molecule has 26 heavy (non-hydrogen) atoms. The summed E-state index contributed by atoms with van der Waals surface area (Å²) in [6.07, 6.45) is 5.98. The molecule has 1 aliphatic heterocycles. The number of piperidine rings is 1. The van der Waals surface area contributed by atoms with Crippen LogP contribution in [0.5, 0.6) is 5.88 Å². The molecular formula is C18H26N6O2. The van der Waals surface area contributed by atoms with E-state index in [2.05, 4.69) is 25.2 Å². The summed E-state index contributed by atoms with van der Waals surface area (Å²) in [5.74, 6) is 1.06. The third-order valence-electron chi connectivity index (χ3n) is 4.31. The van der Waals surface area contributed by atoms with E-state index in [1.807, 2.05) is 18.2 Å². The monoisotopic (exact) mass is 358 g/mol. The van der Waals surface area contributed by atoms with Crippen molar-refractivity contribution in [1.82, 2.24) is 19.9 Å². The lowest BCUT2D eigenvalue weighted by molar-refractivity contribution is 0.217. The maximum absolute atomic E-state index is 11.4. The number of nitrogens with zero attached hydrogens (tertiary/aromatic N) is 3. The highest BCUT2D eigenvalue weighted by Crippen LogP contribution is 2.14. The van der Waals surface area contributed by atoms with Gasteiger partial charge in [-0.15, -0.1) is 0 Å². The minimum Gasteiger partial charge on any atom is -0.478 e. The first kappa shape index (κ1) is 18.2. The Hall–Kier alpha value is -2.61. The van der Waals surface area contributed by atoms with E-state index >= 15 is 0 Å². The average molecular weight is 358 g/mol. The zero-order valence-electron chi connectivity index (χ0n) is 14.9. The lowest BCUT2D eigenvalue weighted by atomic mass is 10.1. The first-order valence-corrected chi connectivity index (χ1v) is 9.10. The number of aromatic nitrogens is 3. The molecule has 1 aliphatic rings. The molecule has 0 radical (unpaired) electrons. The fourth-order valence-corrected chi connectivity index (χ4v) is 2.92. The van der Waals surface area contributed by atoms with E-state index in [0.29, 0.717) is 25.0 Å². The van der Waals surface area contributed by atoms with Crippen LogP contribution in [0.3, 0.4) is 0 Å². The topological polar surface area (TPSA) is 109 Å². The summed E-state index contributed by atoms with van der Waals surface area (Å²) >= 11 is 0. The number of H-pyrrole nitrogens is 1. The van der Waals surface area contributed by atoms with Crippen LogP contribution in [0.1, 0.15) is 31.4 Å². The molecular weight excluding hydrogens is 332 g/mol. The molecule has 1 fully saturated rings. The van der Waals surface area contributed by atoms with E-state index in [-0.39, 0.29) is 11.2 Å². The second kappa shape index (κ2) is 9.19. The molecule has 0 spiro atoms. The Balaban J connectivity index is 1.39. The second-order valence-corrected chi connectivity index (χ2v) is 6.45. The van der Waals surface area contributed by atoms with Gasteiger partial charge in [0.25, 0.3) is 5.56 Å². The molecule has 0 aromatic carbocycles. The number of hydrogen-bond donors (Lipinski definition) is 3. The van der Waals surface area contributed by atoms with Crippen LogP contribution in [-0.2, 0) is 6.54 Å². The summed E-state index contributed by atoms with van der Waals surface area (Å²) in [4.78, 5) is 25.0. The molecule has 140 valence electrons. The number of likely N-dealkylation sites (tertiary alicyclic amines) is 1. The Kier molecular flexibility index (Phi) is 6.43. The fraction of sp³-hybridized carbons (Fsp3) is 0.500. The highest BCUT2D eigenvalue weighted by molar-refractivity contribution is 5.35. The molecule has 0 bridgehead atoms. The summed E-state index contributed by atoms with van der Waals surface area (Å²) in [5.41, 5.74) is 6.25.